The molecule has 1 rings (SSSR count). The Kier molecular flexibility index (Phi) is 4.38. The van der Waals surface area contributed by atoms with Gasteiger partial charge in [0.05, 0.1) is 18.1 Å². The summed E-state index contributed by atoms with van der Waals surface area (Å²) in [5, 5.41) is 10.7. The second kappa shape index (κ2) is 5.61. The first-order valence-corrected chi connectivity index (χ1v) is 5.22. The summed E-state index contributed by atoms with van der Waals surface area (Å²) in [4.78, 5) is 21.2. The van der Waals surface area contributed by atoms with E-state index in [1.54, 1.807) is 0 Å². The van der Waals surface area contributed by atoms with E-state index in [1.165, 1.54) is 6.92 Å². The molecule has 1 unspecified atom stereocenters. The minimum absolute atomic E-state index is 0.174. The number of carbonyl (C=O) groups is 1. The molecule has 0 amide bonds. The van der Waals surface area contributed by atoms with Gasteiger partial charge in [0.15, 0.2) is 5.75 Å². The summed E-state index contributed by atoms with van der Waals surface area (Å²) >= 11 is 0. The molecule has 19 heavy (non-hydrogen) atoms. The highest BCUT2D eigenvalue weighted by Gasteiger charge is 2.31. The SMILES string of the molecule is COC(=O)C(C)(N)COc1ccc(F)cc1[N+](=O)[O-]. The van der Waals surface area contributed by atoms with Crippen molar-refractivity contribution in [3.8, 4) is 5.75 Å². The molecule has 7 nitrogen and oxygen atoms in total. The van der Waals surface area contributed by atoms with Crippen LogP contribution in [0.2, 0.25) is 0 Å². The number of benzene rings is 1. The van der Waals surface area contributed by atoms with E-state index in [4.69, 9.17) is 10.5 Å². The van der Waals surface area contributed by atoms with Gasteiger partial charge in [0, 0.05) is 0 Å². The Hall–Kier alpha value is -2.22. The van der Waals surface area contributed by atoms with Crippen LogP contribution >= 0.6 is 0 Å². The number of esters is 1. The molecule has 1 aromatic rings. The lowest BCUT2D eigenvalue weighted by Gasteiger charge is -2.21. The molecule has 0 aliphatic heterocycles. The Morgan fingerprint density at radius 3 is 2.74 bits per heavy atom. The normalized spacial score (nSPS) is 13.5. The molecule has 8 heteroatoms. The third kappa shape index (κ3) is 3.62. The number of rotatable bonds is 5. The fraction of sp³-hybridized carbons (Fsp3) is 0.364. The monoisotopic (exact) mass is 272 g/mol. The number of nitro benzene ring substituents is 1. The molecular weight excluding hydrogens is 259 g/mol. The second-order valence-electron chi connectivity index (χ2n) is 4.07. The van der Waals surface area contributed by atoms with E-state index < -0.39 is 27.9 Å². The lowest BCUT2D eigenvalue weighted by molar-refractivity contribution is -0.386. The van der Waals surface area contributed by atoms with Crippen LogP contribution in [0.25, 0.3) is 0 Å². The van der Waals surface area contributed by atoms with Crippen LogP contribution in [-0.2, 0) is 9.53 Å². The fourth-order valence-corrected chi connectivity index (χ4v) is 1.28. The molecule has 1 aromatic carbocycles. The van der Waals surface area contributed by atoms with Crippen molar-refractivity contribution in [2.75, 3.05) is 13.7 Å². The molecule has 0 aliphatic rings. The van der Waals surface area contributed by atoms with Crippen molar-refractivity contribution in [3.05, 3.63) is 34.1 Å². The summed E-state index contributed by atoms with van der Waals surface area (Å²) < 4.78 is 22.5. The lowest BCUT2D eigenvalue weighted by Crippen LogP contribution is -2.50. The Morgan fingerprint density at radius 2 is 2.21 bits per heavy atom. The number of nitrogens with two attached hydrogens (primary N) is 1. The molecule has 0 spiro atoms. The maximum atomic E-state index is 12.9. The summed E-state index contributed by atoms with van der Waals surface area (Å²) in [6.07, 6.45) is 0. The predicted molar refractivity (Wildman–Crippen MR) is 63.2 cm³/mol. The van der Waals surface area contributed by atoms with Crippen LogP contribution in [0.15, 0.2) is 18.2 Å². The van der Waals surface area contributed by atoms with E-state index in [9.17, 15) is 19.3 Å². The van der Waals surface area contributed by atoms with Crippen molar-refractivity contribution >= 4 is 11.7 Å². The standard InChI is InChI=1S/C11H13FN2O5/c1-11(13,10(15)18-2)6-19-9-4-3-7(12)5-8(9)14(16)17/h3-5H,6,13H2,1-2H3. The summed E-state index contributed by atoms with van der Waals surface area (Å²) in [5.41, 5.74) is 3.63. The Bertz CT molecular complexity index is 504. The number of nitrogens with zero attached hydrogens (tertiary/aromatic N) is 1. The summed E-state index contributed by atoms with van der Waals surface area (Å²) in [7, 11) is 1.16. The van der Waals surface area contributed by atoms with Crippen molar-refractivity contribution in [2.24, 2.45) is 5.73 Å². The van der Waals surface area contributed by atoms with Gasteiger partial charge >= 0.3 is 11.7 Å². The van der Waals surface area contributed by atoms with Gasteiger partial charge in [-0.15, -0.1) is 0 Å². The van der Waals surface area contributed by atoms with Crippen molar-refractivity contribution in [3.63, 3.8) is 0 Å². The Balaban J connectivity index is 2.89. The number of nitro groups is 1. The number of methoxy groups -OCH3 is 1. The average Bonchev–Trinajstić information content (AvgIpc) is 2.36. The van der Waals surface area contributed by atoms with Crippen molar-refractivity contribution in [2.45, 2.75) is 12.5 Å². The van der Waals surface area contributed by atoms with Crippen molar-refractivity contribution in [1.29, 1.82) is 0 Å². The quantitative estimate of drug-likeness (QED) is 0.487. The first kappa shape index (κ1) is 14.8. The zero-order chi connectivity index (χ0) is 14.6. The van der Waals surface area contributed by atoms with E-state index in [0.29, 0.717) is 0 Å². The maximum absolute atomic E-state index is 12.9. The van der Waals surface area contributed by atoms with E-state index in [1.807, 2.05) is 0 Å². The van der Waals surface area contributed by atoms with Crippen LogP contribution in [0.3, 0.4) is 0 Å². The minimum atomic E-state index is -1.46. The molecule has 0 bridgehead atoms. The third-order valence-corrected chi connectivity index (χ3v) is 2.30. The molecule has 0 fully saturated rings. The molecule has 0 saturated carbocycles. The van der Waals surface area contributed by atoms with Crippen LogP contribution in [0.4, 0.5) is 10.1 Å². The van der Waals surface area contributed by atoms with Crippen molar-refractivity contribution < 1.29 is 23.6 Å². The number of carbonyl (C=O) groups excluding carboxylic acids is 1. The van der Waals surface area contributed by atoms with Crippen LogP contribution < -0.4 is 10.5 Å². The summed E-state index contributed by atoms with van der Waals surface area (Å²) in [6, 6.07) is 2.83. The molecule has 104 valence electrons. The van der Waals surface area contributed by atoms with E-state index in [2.05, 4.69) is 4.74 Å². The lowest BCUT2D eigenvalue weighted by atomic mass is 10.1. The zero-order valence-corrected chi connectivity index (χ0v) is 10.4. The molecule has 2 N–H and O–H groups in total. The van der Waals surface area contributed by atoms with Gasteiger partial charge < -0.3 is 15.2 Å². The Morgan fingerprint density at radius 1 is 1.58 bits per heavy atom. The maximum Gasteiger partial charge on any atom is 0.329 e. The fourth-order valence-electron chi connectivity index (χ4n) is 1.28. The Labute approximate surface area is 108 Å². The molecular formula is C11H13FN2O5. The van der Waals surface area contributed by atoms with Crippen LogP contribution in [0, 0.1) is 15.9 Å². The third-order valence-electron chi connectivity index (χ3n) is 2.30. The number of hydrogen-bond donors (Lipinski definition) is 1. The van der Waals surface area contributed by atoms with E-state index in [-0.39, 0.29) is 12.4 Å². The largest absolute Gasteiger partial charge is 0.484 e. The summed E-state index contributed by atoms with van der Waals surface area (Å²) in [5.74, 6) is -1.66. The zero-order valence-electron chi connectivity index (χ0n) is 10.4. The van der Waals surface area contributed by atoms with Gasteiger partial charge in [-0.25, -0.2) is 9.18 Å². The minimum Gasteiger partial charge on any atom is -0.484 e. The van der Waals surface area contributed by atoms with Crippen molar-refractivity contribution in [1.82, 2.24) is 0 Å². The first-order valence-electron chi connectivity index (χ1n) is 5.22. The van der Waals surface area contributed by atoms with Crippen LogP contribution in [-0.4, -0.2) is 30.1 Å². The van der Waals surface area contributed by atoms with Gasteiger partial charge in [-0.2, -0.15) is 0 Å². The molecule has 0 saturated heterocycles. The molecule has 1 atom stereocenters. The molecule has 0 aliphatic carbocycles. The second-order valence-corrected chi connectivity index (χ2v) is 4.07. The highest BCUT2D eigenvalue weighted by atomic mass is 19.1. The summed E-state index contributed by atoms with van der Waals surface area (Å²) in [6.45, 7) is 1.01. The molecule has 0 aromatic heterocycles. The number of hydrogen-bond acceptors (Lipinski definition) is 6. The number of ether oxygens (including phenoxy) is 2. The van der Waals surface area contributed by atoms with Gasteiger partial charge in [0.2, 0.25) is 0 Å². The predicted octanol–water partition coefficient (Wildman–Crippen LogP) is 1.00. The first-order chi connectivity index (χ1) is 8.77. The van der Waals surface area contributed by atoms with Gasteiger partial charge in [-0.1, -0.05) is 0 Å². The topological polar surface area (TPSA) is 105 Å². The van der Waals surface area contributed by atoms with Crippen LogP contribution in [0.5, 0.6) is 5.75 Å². The molecule has 0 radical (unpaired) electrons. The smallest absolute Gasteiger partial charge is 0.329 e. The van der Waals surface area contributed by atoms with Gasteiger partial charge in [-0.05, 0) is 19.1 Å². The van der Waals surface area contributed by atoms with E-state index >= 15 is 0 Å². The van der Waals surface area contributed by atoms with E-state index in [0.717, 1.165) is 25.3 Å². The number of halogens is 1. The average molecular weight is 272 g/mol. The van der Waals surface area contributed by atoms with Gasteiger partial charge in [0.25, 0.3) is 0 Å². The molecule has 0 heterocycles. The van der Waals surface area contributed by atoms with Gasteiger partial charge in [-0.3, -0.25) is 10.1 Å². The van der Waals surface area contributed by atoms with Gasteiger partial charge in [0.1, 0.15) is 18.0 Å². The highest BCUT2D eigenvalue weighted by Crippen LogP contribution is 2.28. The highest BCUT2D eigenvalue weighted by molar-refractivity contribution is 5.80. The van der Waals surface area contributed by atoms with Crippen LogP contribution in [0.1, 0.15) is 6.92 Å².